The van der Waals surface area contributed by atoms with Crippen molar-refractivity contribution in [3.05, 3.63) is 93.1 Å². The average Bonchev–Trinajstić information content (AvgIpc) is 3.16. The molecule has 3 aromatic rings. The van der Waals surface area contributed by atoms with Gasteiger partial charge < -0.3 is 20.1 Å². The van der Waals surface area contributed by atoms with Crippen LogP contribution in [-0.2, 0) is 16.2 Å². The zero-order chi connectivity index (χ0) is 27.2. The molecule has 1 heterocycles. The van der Waals surface area contributed by atoms with E-state index in [4.69, 9.17) is 9.47 Å². The summed E-state index contributed by atoms with van der Waals surface area (Å²) >= 11 is 3.47. The lowest BCUT2D eigenvalue weighted by Gasteiger charge is -2.14. The number of nitrogens with zero attached hydrogens (tertiary/aromatic N) is 2. The third-order valence-corrected chi connectivity index (χ3v) is 6.36. The molecule has 1 fully saturated rings. The average molecular weight is 575 g/mol. The monoisotopic (exact) mass is 574 g/mol. The van der Waals surface area contributed by atoms with Crippen LogP contribution >= 0.6 is 15.9 Å². The van der Waals surface area contributed by atoms with E-state index < -0.39 is 24.4 Å². The number of aryl methyl sites for hydroxylation is 1. The Morgan fingerprint density at radius 1 is 1.13 bits per heavy atom. The second-order valence-electron chi connectivity index (χ2n) is 8.38. The number of urea groups is 1. The van der Waals surface area contributed by atoms with E-state index in [2.05, 4.69) is 32.6 Å². The molecule has 10 heteroatoms. The summed E-state index contributed by atoms with van der Waals surface area (Å²) in [6, 6.07) is 19.1. The lowest BCUT2D eigenvalue weighted by Crippen LogP contribution is -2.38. The predicted molar refractivity (Wildman–Crippen MR) is 144 cm³/mol. The minimum absolute atomic E-state index is 0.0118. The second-order valence-corrected chi connectivity index (χ2v) is 9.23. The number of hydrogen-bond donors (Lipinski definition) is 2. The van der Waals surface area contributed by atoms with Gasteiger partial charge in [0.25, 0.3) is 5.91 Å². The van der Waals surface area contributed by atoms with E-state index >= 15 is 0 Å². The number of nitrogens with one attached hydrogen (secondary N) is 2. The van der Waals surface area contributed by atoms with E-state index in [1.807, 2.05) is 19.1 Å². The van der Waals surface area contributed by atoms with Crippen LogP contribution in [0.4, 0.5) is 10.5 Å². The van der Waals surface area contributed by atoms with E-state index in [1.54, 1.807) is 48.5 Å². The highest BCUT2D eigenvalue weighted by molar-refractivity contribution is 9.10. The van der Waals surface area contributed by atoms with Crippen molar-refractivity contribution in [1.29, 1.82) is 5.26 Å². The molecule has 0 atom stereocenters. The maximum absolute atomic E-state index is 12.9. The maximum atomic E-state index is 12.9. The molecule has 0 bridgehead atoms. The number of hydrogen-bond acceptors (Lipinski definition) is 6. The standard InChI is InChI=1S/C28H23BrN4O5/c1-17-6-5-9-21(10-17)31-26(34)15-33-27(35)23(32-28(33)36)11-20-12-24(37-2)25(13-22(20)29)38-16-19-8-4-3-7-18(19)14-30/h3-13H,15-16H2,1-2H3,(H,31,34)(H,32,36)/b23-11+. The summed E-state index contributed by atoms with van der Waals surface area (Å²) in [6.07, 6.45) is 1.49. The number of carbonyl (C=O) groups excluding carboxylic acids is 3. The Morgan fingerprint density at radius 3 is 2.66 bits per heavy atom. The lowest BCUT2D eigenvalue weighted by molar-refractivity contribution is -0.127. The molecule has 0 spiro atoms. The summed E-state index contributed by atoms with van der Waals surface area (Å²) in [5.74, 6) is -0.317. The molecule has 0 saturated carbocycles. The predicted octanol–water partition coefficient (Wildman–Crippen LogP) is 4.75. The molecular weight excluding hydrogens is 552 g/mol. The first-order chi connectivity index (χ1) is 18.3. The molecule has 192 valence electrons. The first kappa shape index (κ1) is 26.4. The number of amides is 4. The molecule has 3 aromatic carbocycles. The van der Waals surface area contributed by atoms with Gasteiger partial charge in [-0.25, -0.2) is 9.69 Å². The van der Waals surface area contributed by atoms with Crippen molar-refractivity contribution in [3.63, 3.8) is 0 Å². The van der Waals surface area contributed by atoms with Crippen LogP contribution < -0.4 is 20.1 Å². The van der Waals surface area contributed by atoms with Crippen molar-refractivity contribution in [2.45, 2.75) is 13.5 Å². The van der Waals surface area contributed by atoms with E-state index in [9.17, 15) is 19.6 Å². The largest absolute Gasteiger partial charge is 0.493 e. The van der Waals surface area contributed by atoms with E-state index in [-0.39, 0.29) is 12.3 Å². The number of benzene rings is 3. The number of methoxy groups -OCH3 is 1. The zero-order valence-corrected chi connectivity index (χ0v) is 22.2. The van der Waals surface area contributed by atoms with Gasteiger partial charge in [0.1, 0.15) is 18.8 Å². The summed E-state index contributed by atoms with van der Waals surface area (Å²) in [7, 11) is 1.48. The Hall–Kier alpha value is -4.62. The second kappa shape index (κ2) is 11.6. The van der Waals surface area contributed by atoms with Gasteiger partial charge in [-0.3, -0.25) is 9.59 Å². The number of imide groups is 1. The van der Waals surface area contributed by atoms with Gasteiger partial charge in [-0.2, -0.15) is 5.26 Å². The smallest absolute Gasteiger partial charge is 0.329 e. The van der Waals surface area contributed by atoms with Crippen LogP contribution in [0.3, 0.4) is 0 Å². The van der Waals surface area contributed by atoms with E-state index in [0.29, 0.717) is 32.8 Å². The molecular formula is C28H23BrN4O5. The zero-order valence-electron chi connectivity index (χ0n) is 20.6. The van der Waals surface area contributed by atoms with Crippen LogP contribution in [0.1, 0.15) is 22.3 Å². The summed E-state index contributed by atoms with van der Waals surface area (Å²) in [5.41, 5.74) is 3.34. The molecule has 0 unspecified atom stereocenters. The highest BCUT2D eigenvalue weighted by atomic mass is 79.9. The van der Waals surface area contributed by atoms with Gasteiger partial charge in [-0.15, -0.1) is 0 Å². The first-order valence-electron chi connectivity index (χ1n) is 11.5. The molecule has 1 aliphatic rings. The lowest BCUT2D eigenvalue weighted by atomic mass is 10.1. The van der Waals surface area contributed by atoms with Crippen LogP contribution in [-0.4, -0.2) is 36.4 Å². The van der Waals surface area contributed by atoms with Gasteiger partial charge in [-0.05, 0) is 54.5 Å². The number of anilines is 1. The van der Waals surface area contributed by atoms with Crippen LogP contribution in [0, 0.1) is 18.3 Å². The van der Waals surface area contributed by atoms with Crippen molar-refractivity contribution in [3.8, 4) is 17.6 Å². The number of nitriles is 1. The fourth-order valence-electron chi connectivity index (χ4n) is 3.78. The summed E-state index contributed by atoms with van der Waals surface area (Å²) < 4.78 is 11.9. The molecule has 38 heavy (non-hydrogen) atoms. The number of carbonyl (C=O) groups is 3. The van der Waals surface area contributed by atoms with Crippen LogP contribution in [0.25, 0.3) is 6.08 Å². The molecule has 0 aliphatic carbocycles. The Bertz CT molecular complexity index is 1490. The maximum Gasteiger partial charge on any atom is 0.329 e. The van der Waals surface area contributed by atoms with Crippen molar-refractivity contribution >= 4 is 45.5 Å². The minimum Gasteiger partial charge on any atom is -0.493 e. The van der Waals surface area contributed by atoms with Crippen LogP contribution in [0.5, 0.6) is 11.5 Å². The van der Waals surface area contributed by atoms with Gasteiger partial charge in [0.2, 0.25) is 5.91 Å². The number of halogens is 1. The fourth-order valence-corrected chi connectivity index (χ4v) is 4.22. The van der Waals surface area contributed by atoms with Crippen molar-refractivity contribution < 1.29 is 23.9 Å². The van der Waals surface area contributed by atoms with Gasteiger partial charge in [-0.1, -0.05) is 46.3 Å². The van der Waals surface area contributed by atoms with Crippen LogP contribution in [0.2, 0.25) is 0 Å². The summed E-state index contributed by atoms with van der Waals surface area (Å²) in [5, 5.41) is 14.5. The minimum atomic E-state index is -0.695. The van der Waals surface area contributed by atoms with Crippen molar-refractivity contribution in [2.24, 2.45) is 0 Å². The SMILES string of the molecule is COc1cc(/C=C2/NC(=O)N(CC(=O)Nc3cccc(C)c3)C2=O)c(Br)cc1OCc1ccccc1C#N. The van der Waals surface area contributed by atoms with Crippen molar-refractivity contribution in [2.75, 3.05) is 19.0 Å². The topological polar surface area (TPSA) is 121 Å². The highest BCUT2D eigenvalue weighted by Gasteiger charge is 2.35. The molecule has 1 saturated heterocycles. The fraction of sp³-hybridized carbons (Fsp3) is 0.143. The third kappa shape index (κ3) is 6.02. The summed E-state index contributed by atoms with van der Waals surface area (Å²) in [4.78, 5) is 38.7. The normalized spacial score (nSPS) is 13.7. The molecule has 9 nitrogen and oxygen atoms in total. The Balaban J connectivity index is 1.48. The molecule has 0 aromatic heterocycles. The van der Waals surface area contributed by atoms with E-state index in [0.717, 1.165) is 16.0 Å². The van der Waals surface area contributed by atoms with E-state index in [1.165, 1.54) is 13.2 Å². The number of rotatable bonds is 8. The highest BCUT2D eigenvalue weighted by Crippen LogP contribution is 2.35. The molecule has 0 radical (unpaired) electrons. The van der Waals surface area contributed by atoms with Gasteiger partial charge in [0.05, 0.1) is 18.7 Å². The Kier molecular flexibility index (Phi) is 8.09. The molecule has 1 aliphatic heterocycles. The summed E-state index contributed by atoms with van der Waals surface area (Å²) in [6.45, 7) is 1.61. The Morgan fingerprint density at radius 2 is 1.92 bits per heavy atom. The third-order valence-electron chi connectivity index (χ3n) is 5.67. The van der Waals surface area contributed by atoms with Gasteiger partial charge >= 0.3 is 6.03 Å². The quantitative estimate of drug-likeness (QED) is 0.296. The molecule has 2 N–H and O–H groups in total. The Labute approximate surface area is 227 Å². The van der Waals surface area contributed by atoms with Gasteiger partial charge in [0.15, 0.2) is 11.5 Å². The van der Waals surface area contributed by atoms with Crippen LogP contribution in [0.15, 0.2) is 70.8 Å². The molecule has 4 rings (SSSR count). The van der Waals surface area contributed by atoms with Gasteiger partial charge in [0, 0.05) is 15.7 Å². The molecule has 4 amide bonds. The van der Waals surface area contributed by atoms with Crippen molar-refractivity contribution in [1.82, 2.24) is 10.2 Å². The first-order valence-corrected chi connectivity index (χ1v) is 12.3. The number of ether oxygens (including phenoxy) is 2.